The van der Waals surface area contributed by atoms with Crippen LogP contribution in [0.1, 0.15) is 11.4 Å². The van der Waals surface area contributed by atoms with Crippen molar-refractivity contribution in [3.8, 4) is 0 Å². The summed E-state index contributed by atoms with van der Waals surface area (Å²) in [6.07, 6.45) is 3.42. The Bertz CT molecular complexity index is 827. The first kappa shape index (κ1) is 21.9. The van der Waals surface area contributed by atoms with Crippen molar-refractivity contribution < 1.29 is 13.1 Å². The summed E-state index contributed by atoms with van der Waals surface area (Å²) >= 11 is 11.9. The second kappa shape index (κ2) is 12.1. The fourth-order valence-corrected chi connectivity index (χ4v) is 2.20. The molecule has 0 saturated heterocycles. The quantitative estimate of drug-likeness (QED) is 0.286. The third-order valence-electron chi connectivity index (χ3n) is 3.14. The van der Waals surface area contributed by atoms with Gasteiger partial charge in [0, 0.05) is 10.0 Å². The van der Waals surface area contributed by atoms with Gasteiger partial charge < -0.3 is 0 Å². The molecule has 2 aromatic carbocycles. The van der Waals surface area contributed by atoms with Crippen LogP contribution in [-0.4, -0.2) is 17.4 Å². The molecule has 0 aliphatic carbocycles. The van der Waals surface area contributed by atoms with Crippen LogP contribution in [0.2, 0.25) is 10.0 Å². The van der Waals surface area contributed by atoms with Gasteiger partial charge in [-0.15, -0.1) is 0 Å². The SMILES string of the molecule is Clc1ccc(N=Cc2cccc(C=Nc3ccc(Cl)cc3)n2)cc1.[Cl][Fe][Cl]. The second-order valence-corrected chi connectivity index (χ2v) is 7.70. The van der Waals surface area contributed by atoms with Crippen molar-refractivity contribution in [1.82, 2.24) is 4.98 Å². The Morgan fingerprint density at radius 3 is 1.41 bits per heavy atom. The summed E-state index contributed by atoms with van der Waals surface area (Å²) in [7, 11) is 9.53. The Labute approximate surface area is 182 Å². The van der Waals surface area contributed by atoms with Crippen molar-refractivity contribution in [1.29, 1.82) is 0 Å². The number of pyridine rings is 1. The predicted molar refractivity (Wildman–Crippen MR) is 113 cm³/mol. The molecule has 0 unspecified atom stereocenters. The zero-order valence-electron chi connectivity index (χ0n) is 13.7. The second-order valence-electron chi connectivity index (χ2n) is 5.01. The fraction of sp³-hybridized carbons (Fsp3) is 0. The van der Waals surface area contributed by atoms with Crippen molar-refractivity contribution in [3.63, 3.8) is 0 Å². The van der Waals surface area contributed by atoms with Gasteiger partial charge in [0.05, 0.1) is 35.2 Å². The van der Waals surface area contributed by atoms with E-state index in [4.69, 9.17) is 43.4 Å². The standard InChI is InChI=1S/C19H13Cl2N3.2ClH.Fe/c20-14-4-8-16(9-5-14)22-12-18-2-1-3-19(24-18)13-23-17-10-6-15(21)7-11-17;;;/h1-13H;2*1H;/q;;;+2/p-2. The molecule has 1 heterocycles. The molecule has 0 fully saturated rings. The van der Waals surface area contributed by atoms with E-state index in [0.717, 1.165) is 22.8 Å². The molecule has 0 spiro atoms. The van der Waals surface area contributed by atoms with Gasteiger partial charge in [-0.2, -0.15) is 0 Å². The maximum absolute atomic E-state index is 5.86. The van der Waals surface area contributed by atoms with Crippen LogP contribution in [0, 0.1) is 0 Å². The molecule has 0 saturated carbocycles. The van der Waals surface area contributed by atoms with Crippen LogP contribution in [0.5, 0.6) is 0 Å². The summed E-state index contributed by atoms with van der Waals surface area (Å²) in [6, 6.07) is 20.3. The van der Waals surface area contributed by atoms with E-state index in [1.165, 1.54) is 0 Å². The molecule has 3 aromatic rings. The first-order chi connectivity index (χ1) is 13.1. The van der Waals surface area contributed by atoms with E-state index in [1.807, 2.05) is 42.5 Å². The van der Waals surface area contributed by atoms with Gasteiger partial charge in [-0.05, 0) is 60.7 Å². The summed E-state index contributed by atoms with van der Waals surface area (Å²) in [6.45, 7) is 0. The third kappa shape index (κ3) is 8.44. The molecule has 0 radical (unpaired) electrons. The number of aliphatic imine (C=N–C) groups is 2. The van der Waals surface area contributed by atoms with E-state index < -0.39 is 0 Å². The Morgan fingerprint density at radius 2 is 1.04 bits per heavy atom. The van der Waals surface area contributed by atoms with Crippen molar-refractivity contribution in [2.45, 2.75) is 0 Å². The van der Waals surface area contributed by atoms with Crippen molar-refractivity contribution in [3.05, 3.63) is 88.2 Å². The van der Waals surface area contributed by atoms with Crippen LogP contribution >= 0.6 is 43.4 Å². The van der Waals surface area contributed by atoms with Crippen molar-refractivity contribution in [2.75, 3.05) is 0 Å². The number of halogens is 4. The fourth-order valence-electron chi connectivity index (χ4n) is 1.95. The number of hydrogen-bond donors (Lipinski definition) is 0. The van der Waals surface area contributed by atoms with Gasteiger partial charge in [-0.3, -0.25) is 9.98 Å². The zero-order valence-corrected chi connectivity index (χ0v) is 17.8. The van der Waals surface area contributed by atoms with E-state index in [1.54, 1.807) is 36.7 Å². The molecule has 0 bridgehead atoms. The summed E-state index contributed by atoms with van der Waals surface area (Å²) in [5.74, 6) is 0. The van der Waals surface area contributed by atoms with Gasteiger partial charge in [0.15, 0.2) is 0 Å². The normalized spacial score (nSPS) is 11.0. The number of nitrogens with zero attached hydrogens (tertiary/aromatic N) is 3. The molecular formula is C19H13Cl4FeN3. The monoisotopic (exact) mass is 479 g/mol. The summed E-state index contributed by atoms with van der Waals surface area (Å²) in [4.78, 5) is 13.3. The minimum absolute atomic E-state index is 0.194. The van der Waals surface area contributed by atoms with Crippen LogP contribution in [-0.2, 0) is 13.1 Å². The van der Waals surface area contributed by atoms with Crippen LogP contribution in [0.3, 0.4) is 0 Å². The maximum atomic E-state index is 5.86. The van der Waals surface area contributed by atoms with E-state index in [2.05, 4.69) is 15.0 Å². The van der Waals surface area contributed by atoms with E-state index in [9.17, 15) is 0 Å². The molecule has 0 amide bonds. The Morgan fingerprint density at radius 1 is 0.667 bits per heavy atom. The van der Waals surface area contributed by atoms with Crippen LogP contribution in [0.25, 0.3) is 0 Å². The van der Waals surface area contributed by atoms with Crippen molar-refractivity contribution in [2.24, 2.45) is 9.98 Å². The van der Waals surface area contributed by atoms with Crippen LogP contribution < -0.4 is 0 Å². The molecule has 0 N–H and O–H groups in total. The van der Waals surface area contributed by atoms with Gasteiger partial charge in [-0.1, -0.05) is 29.3 Å². The number of benzene rings is 2. The molecule has 1 aromatic heterocycles. The first-order valence-corrected chi connectivity index (χ1v) is 11.3. The molecule has 27 heavy (non-hydrogen) atoms. The molecule has 0 aliphatic rings. The average molecular weight is 481 g/mol. The van der Waals surface area contributed by atoms with E-state index in [0.29, 0.717) is 10.0 Å². The molecule has 140 valence electrons. The number of hydrogen-bond acceptors (Lipinski definition) is 3. The van der Waals surface area contributed by atoms with Gasteiger partial charge in [0.2, 0.25) is 0 Å². The third-order valence-corrected chi connectivity index (χ3v) is 3.64. The van der Waals surface area contributed by atoms with E-state index >= 15 is 0 Å². The molecule has 3 rings (SSSR count). The topological polar surface area (TPSA) is 37.6 Å². The molecule has 3 nitrogen and oxygen atoms in total. The Hall–Kier alpha value is -1.39. The minimum atomic E-state index is 0.194. The molecule has 0 atom stereocenters. The van der Waals surface area contributed by atoms with Gasteiger partial charge in [0.25, 0.3) is 0 Å². The molecule has 0 aliphatic heterocycles. The summed E-state index contributed by atoms with van der Waals surface area (Å²) < 4.78 is 0. The number of rotatable bonds is 4. The summed E-state index contributed by atoms with van der Waals surface area (Å²) in [5, 5.41) is 1.37. The van der Waals surface area contributed by atoms with Gasteiger partial charge in [0.1, 0.15) is 0 Å². The van der Waals surface area contributed by atoms with Crippen LogP contribution in [0.15, 0.2) is 76.7 Å². The Kier molecular flexibility index (Phi) is 9.85. The first-order valence-electron chi connectivity index (χ1n) is 7.52. The Balaban J connectivity index is 0.000000817. The van der Waals surface area contributed by atoms with Gasteiger partial charge >= 0.3 is 33.3 Å². The molecular weight excluding hydrogens is 468 g/mol. The summed E-state index contributed by atoms with van der Waals surface area (Å²) in [5.41, 5.74) is 3.15. The van der Waals surface area contributed by atoms with Crippen molar-refractivity contribution >= 4 is 67.2 Å². The molecule has 8 heteroatoms. The van der Waals surface area contributed by atoms with Crippen LogP contribution in [0.4, 0.5) is 11.4 Å². The van der Waals surface area contributed by atoms with Gasteiger partial charge in [-0.25, -0.2) is 4.98 Å². The van der Waals surface area contributed by atoms with E-state index in [-0.39, 0.29) is 13.1 Å². The average Bonchev–Trinajstić information content (AvgIpc) is 2.68. The number of aromatic nitrogens is 1. The predicted octanol–water partition coefficient (Wildman–Crippen LogP) is 7.27. The zero-order chi connectivity index (χ0) is 19.5.